The van der Waals surface area contributed by atoms with Crippen LogP contribution in [0.2, 0.25) is 0 Å². The maximum atomic E-state index is 12.9. The molecule has 0 radical (unpaired) electrons. The predicted octanol–water partition coefficient (Wildman–Crippen LogP) is 2.54. The Morgan fingerprint density at radius 2 is 2.15 bits per heavy atom. The van der Waals surface area contributed by atoms with Crippen LogP contribution in [0.5, 0.6) is 0 Å². The van der Waals surface area contributed by atoms with Crippen LogP contribution in [0.3, 0.4) is 0 Å². The molecule has 0 saturated heterocycles. The van der Waals surface area contributed by atoms with Gasteiger partial charge in [-0.25, -0.2) is 0 Å². The molecule has 0 aromatic rings. The lowest BCUT2D eigenvalue weighted by Crippen LogP contribution is -2.45. The topological polar surface area (TPSA) is 90.8 Å². The number of nitrogens with zero attached hydrogens (tertiary/aromatic N) is 1. The van der Waals surface area contributed by atoms with Crippen molar-refractivity contribution in [3.63, 3.8) is 0 Å². The van der Waals surface area contributed by atoms with Crippen molar-refractivity contribution in [3.05, 3.63) is 0 Å². The van der Waals surface area contributed by atoms with Crippen molar-refractivity contribution < 1.29 is 27.9 Å². The molecule has 1 heterocycles. The molecule has 3 rings (SSSR count). The molecule has 2 aliphatic carbocycles. The Morgan fingerprint density at radius 3 is 2.70 bits per heavy atom. The number of carboxylic acids is 1. The van der Waals surface area contributed by atoms with E-state index in [4.69, 9.17) is 5.11 Å². The first kappa shape index (κ1) is 20.4. The maximum absolute atomic E-state index is 12.9. The molecule has 0 aromatic carbocycles. The Hall–Kier alpha value is -1.29. The fourth-order valence-corrected chi connectivity index (χ4v) is 5.36. The number of rotatable bonds is 7. The van der Waals surface area contributed by atoms with Gasteiger partial charge in [-0.05, 0) is 51.0 Å². The van der Waals surface area contributed by atoms with E-state index < -0.39 is 29.4 Å². The van der Waals surface area contributed by atoms with Crippen LogP contribution in [0.4, 0.5) is 13.2 Å². The summed E-state index contributed by atoms with van der Waals surface area (Å²) in [7, 11) is 0. The number of halogens is 3. The van der Waals surface area contributed by atoms with Crippen molar-refractivity contribution >= 4 is 28.8 Å². The highest BCUT2D eigenvalue weighted by Gasteiger charge is 2.45. The number of thioether (sulfide) groups is 1. The summed E-state index contributed by atoms with van der Waals surface area (Å²) in [5, 5.41) is 14.8. The lowest BCUT2D eigenvalue weighted by Gasteiger charge is -2.26. The molecule has 2 saturated carbocycles. The van der Waals surface area contributed by atoms with Gasteiger partial charge in [0.2, 0.25) is 0 Å². The van der Waals surface area contributed by atoms with Crippen LogP contribution < -0.4 is 10.6 Å². The number of aliphatic carboxylic acids is 1. The molecular formula is C17H24F3N3O3S. The third-order valence-electron chi connectivity index (χ3n) is 5.79. The molecule has 3 N–H and O–H groups in total. The fourth-order valence-electron chi connectivity index (χ4n) is 4.25. The molecule has 1 aliphatic heterocycles. The van der Waals surface area contributed by atoms with Gasteiger partial charge in [0.25, 0.3) is 5.91 Å². The maximum Gasteiger partial charge on any atom is 0.404 e. The number of hydrogen-bond donors (Lipinski definition) is 3. The Kier molecular flexibility index (Phi) is 5.77. The molecule has 2 fully saturated rings. The van der Waals surface area contributed by atoms with Gasteiger partial charge in [0.15, 0.2) is 5.17 Å². The lowest BCUT2D eigenvalue weighted by atomic mass is 9.96. The molecule has 27 heavy (non-hydrogen) atoms. The van der Waals surface area contributed by atoms with Gasteiger partial charge in [0.1, 0.15) is 10.8 Å². The molecule has 5 atom stereocenters. The van der Waals surface area contributed by atoms with E-state index in [2.05, 4.69) is 15.6 Å². The number of aliphatic imine (C=N–C) groups is 1. The fraction of sp³-hybridized carbons (Fsp3) is 0.824. The van der Waals surface area contributed by atoms with E-state index >= 15 is 0 Å². The molecule has 1 amide bonds. The van der Waals surface area contributed by atoms with E-state index in [9.17, 15) is 22.8 Å². The van der Waals surface area contributed by atoms with E-state index in [0.29, 0.717) is 17.1 Å². The van der Waals surface area contributed by atoms with Crippen LogP contribution >= 0.6 is 11.8 Å². The largest absolute Gasteiger partial charge is 0.481 e. The third kappa shape index (κ3) is 4.77. The van der Waals surface area contributed by atoms with Crippen LogP contribution in [-0.2, 0) is 9.59 Å². The summed E-state index contributed by atoms with van der Waals surface area (Å²) in [6.07, 6.45) is -0.814. The summed E-state index contributed by atoms with van der Waals surface area (Å²) in [4.78, 5) is 27.0. The van der Waals surface area contributed by atoms with Crippen LogP contribution in [0, 0.1) is 11.8 Å². The van der Waals surface area contributed by atoms with Gasteiger partial charge in [-0.3, -0.25) is 9.59 Å². The minimum Gasteiger partial charge on any atom is -0.481 e. The van der Waals surface area contributed by atoms with E-state index in [1.165, 1.54) is 31.0 Å². The van der Waals surface area contributed by atoms with Gasteiger partial charge in [0, 0.05) is 6.04 Å². The van der Waals surface area contributed by atoms with Gasteiger partial charge in [-0.2, -0.15) is 18.2 Å². The molecule has 6 nitrogen and oxygen atoms in total. The molecule has 2 bridgehead atoms. The zero-order valence-electron chi connectivity index (χ0n) is 15.0. The lowest BCUT2D eigenvalue weighted by molar-refractivity contribution is -0.167. The Morgan fingerprint density at radius 1 is 1.41 bits per heavy atom. The number of alkyl halides is 3. The van der Waals surface area contributed by atoms with Gasteiger partial charge in [-0.1, -0.05) is 18.2 Å². The summed E-state index contributed by atoms with van der Waals surface area (Å²) in [5.74, 6) is -0.519. The van der Waals surface area contributed by atoms with Crippen molar-refractivity contribution in [1.82, 2.24) is 10.6 Å². The van der Waals surface area contributed by atoms with Crippen molar-refractivity contribution in [3.8, 4) is 0 Å². The highest BCUT2D eigenvalue weighted by molar-refractivity contribution is 8.16. The average molecular weight is 407 g/mol. The number of carbonyl (C=O) groups is 2. The number of carbonyl (C=O) groups excluding carboxylic acids is 1. The molecule has 5 unspecified atom stereocenters. The van der Waals surface area contributed by atoms with Crippen molar-refractivity contribution in [2.45, 2.75) is 68.5 Å². The van der Waals surface area contributed by atoms with Crippen molar-refractivity contribution in [2.24, 2.45) is 16.8 Å². The Balaban J connectivity index is 1.50. The van der Waals surface area contributed by atoms with Crippen LogP contribution in [0.15, 0.2) is 4.99 Å². The van der Waals surface area contributed by atoms with Gasteiger partial charge in [-0.15, -0.1) is 0 Å². The average Bonchev–Trinajstić information content (AvgIpc) is 3.21. The van der Waals surface area contributed by atoms with E-state index in [0.717, 1.165) is 12.3 Å². The van der Waals surface area contributed by atoms with Gasteiger partial charge < -0.3 is 15.7 Å². The number of hydrogen-bond acceptors (Lipinski definition) is 5. The Bertz CT molecular complexity index is 643. The minimum absolute atomic E-state index is 0.121. The summed E-state index contributed by atoms with van der Waals surface area (Å²) < 4.78 is 37.7. The summed E-state index contributed by atoms with van der Waals surface area (Å²) >= 11 is 1.26. The highest BCUT2D eigenvalue weighted by atomic mass is 32.2. The third-order valence-corrected chi connectivity index (χ3v) is 7.02. The monoisotopic (exact) mass is 407 g/mol. The predicted molar refractivity (Wildman–Crippen MR) is 95.5 cm³/mol. The van der Waals surface area contributed by atoms with Gasteiger partial charge >= 0.3 is 12.1 Å². The smallest absolute Gasteiger partial charge is 0.404 e. The summed E-state index contributed by atoms with van der Waals surface area (Å²) in [6.45, 7) is 1.55. The first-order chi connectivity index (χ1) is 12.6. The van der Waals surface area contributed by atoms with Gasteiger partial charge in [0.05, 0.1) is 6.42 Å². The Labute approximate surface area is 159 Å². The SMILES string of the molecule is CC1(CCNC(CC(=O)O)C(F)(F)F)SC(NC2CC3CCC2C3)=NC1=O. The molecular weight excluding hydrogens is 383 g/mol. The van der Waals surface area contributed by atoms with Crippen LogP contribution in [0.1, 0.15) is 45.4 Å². The standard InChI is InChI=1S/C17H24F3N3O3S/c1-16(4-5-21-12(8-13(24)25)17(18,19)20)14(26)23-15(27-16)22-11-7-9-2-3-10(11)6-9/h9-12,21H,2-8H2,1H3,(H,24,25)(H,22,23,26). The molecule has 152 valence electrons. The van der Waals surface area contributed by atoms with E-state index in [1.54, 1.807) is 6.92 Å². The molecule has 0 aromatic heterocycles. The number of fused-ring (bicyclic) bond motifs is 2. The normalized spacial score (nSPS) is 34.0. The van der Waals surface area contributed by atoms with Crippen molar-refractivity contribution in [2.75, 3.05) is 6.54 Å². The van der Waals surface area contributed by atoms with E-state index in [1.807, 2.05) is 0 Å². The minimum atomic E-state index is -4.66. The summed E-state index contributed by atoms with van der Waals surface area (Å²) in [6, 6.07) is -1.80. The van der Waals surface area contributed by atoms with Crippen LogP contribution in [0.25, 0.3) is 0 Å². The van der Waals surface area contributed by atoms with E-state index in [-0.39, 0.29) is 18.9 Å². The molecule has 0 spiro atoms. The first-order valence-electron chi connectivity index (χ1n) is 9.17. The van der Waals surface area contributed by atoms with Crippen molar-refractivity contribution in [1.29, 1.82) is 0 Å². The second-order valence-corrected chi connectivity index (χ2v) is 9.37. The second kappa shape index (κ2) is 7.62. The number of amidine groups is 1. The number of amides is 1. The first-order valence-corrected chi connectivity index (χ1v) is 9.99. The van der Waals surface area contributed by atoms with Crippen LogP contribution in [-0.4, -0.2) is 51.7 Å². The number of carboxylic acid groups (broad SMARTS) is 1. The second-order valence-electron chi connectivity index (χ2n) is 7.88. The summed E-state index contributed by atoms with van der Waals surface area (Å²) in [5.41, 5.74) is 0. The zero-order valence-corrected chi connectivity index (χ0v) is 15.8. The highest BCUT2D eigenvalue weighted by Crippen LogP contribution is 2.45. The number of nitrogens with one attached hydrogen (secondary N) is 2. The quantitative estimate of drug-likeness (QED) is 0.601. The molecule has 3 aliphatic rings. The zero-order chi connectivity index (χ0) is 19.8. The molecule has 10 heteroatoms.